The van der Waals surface area contributed by atoms with Gasteiger partial charge in [0.25, 0.3) is 0 Å². The summed E-state index contributed by atoms with van der Waals surface area (Å²) in [6.45, 7) is 4.64. The fourth-order valence-corrected chi connectivity index (χ4v) is 5.27. The van der Waals surface area contributed by atoms with Gasteiger partial charge in [-0.1, -0.05) is 23.5 Å². The van der Waals surface area contributed by atoms with Crippen molar-refractivity contribution < 1.29 is 13.2 Å². The van der Waals surface area contributed by atoms with E-state index in [2.05, 4.69) is 5.32 Å². The molecule has 0 aliphatic rings. The van der Waals surface area contributed by atoms with Crippen LogP contribution in [0.1, 0.15) is 25.3 Å². The van der Waals surface area contributed by atoms with Crippen molar-refractivity contribution >= 4 is 48.9 Å². The minimum atomic E-state index is -3.45. The van der Waals surface area contributed by atoms with Crippen molar-refractivity contribution in [3.05, 3.63) is 57.7 Å². The lowest BCUT2D eigenvalue weighted by Gasteiger charge is -2.22. The predicted octanol–water partition coefficient (Wildman–Crippen LogP) is 3.58. The molecule has 0 saturated heterocycles. The molecule has 2 aromatic carbocycles. The lowest BCUT2D eigenvalue weighted by molar-refractivity contribution is -0.116. The van der Waals surface area contributed by atoms with E-state index in [0.29, 0.717) is 24.3 Å². The Bertz CT molecular complexity index is 1230. The quantitative estimate of drug-likeness (QED) is 0.572. The SMILES string of the molecule is CCn1c(=O)sc2cc(NC(=O)CCCN(c3cccc(C)c3)S(C)(=O)=O)ccc21. The molecule has 0 spiro atoms. The lowest BCUT2D eigenvalue weighted by Crippen LogP contribution is -2.31. The molecule has 1 N–H and O–H groups in total. The molecule has 1 heterocycles. The van der Waals surface area contributed by atoms with Crippen LogP contribution in [0, 0.1) is 6.92 Å². The van der Waals surface area contributed by atoms with Gasteiger partial charge in [-0.25, -0.2) is 8.42 Å². The Kier molecular flexibility index (Phi) is 6.62. The second kappa shape index (κ2) is 9.01. The molecule has 0 saturated carbocycles. The van der Waals surface area contributed by atoms with Gasteiger partial charge < -0.3 is 5.32 Å². The number of aryl methyl sites for hydroxylation is 2. The Morgan fingerprint density at radius 2 is 1.97 bits per heavy atom. The van der Waals surface area contributed by atoms with Crippen LogP contribution in [-0.4, -0.2) is 31.7 Å². The third kappa shape index (κ3) is 5.09. The first-order chi connectivity index (χ1) is 14.2. The first kappa shape index (κ1) is 22.0. The fourth-order valence-electron chi connectivity index (χ4n) is 3.32. The summed E-state index contributed by atoms with van der Waals surface area (Å²) in [4.78, 5) is 24.3. The maximum absolute atomic E-state index is 12.4. The Balaban J connectivity index is 1.63. The minimum absolute atomic E-state index is 0.0204. The van der Waals surface area contributed by atoms with Gasteiger partial charge in [0.15, 0.2) is 0 Å². The van der Waals surface area contributed by atoms with E-state index in [1.165, 1.54) is 10.6 Å². The van der Waals surface area contributed by atoms with Crippen molar-refractivity contribution in [1.82, 2.24) is 4.57 Å². The largest absolute Gasteiger partial charge is 0.326 e. The number of benzene rings is 2. The second-order valence-electron chi connectivity index (χ2n) is 7.12. The maximum Gasteiger partial charge on any atom is 0.308 e. The molecule has 7 nitrogen and oxygen atoms in total. The summed E-state index contributed by atoms with van der Waals surface area (Å²) in [6.07, 6.45) is 1.73. The van der Waals surface area contributed by atoms with Crippen molar-refractivity contribution in [2.45, 2.75) is 33.2 Å². The summed E-state index contributed by atoms with van der Waals surface area (Å²) in [7, 11) is -3.45. The number of hydrogen-bond donors (Lipinski definition) is 1. The van der Waals surface area contributed by atoms with E-state index in [1.807, 2.05) is 38.1 Å². The fraction of sp³-hybridized carbons (Fsp3) is 0.333. The number of nitrogens with one attached hydrogen (secondary N) is 1. The molecular weight excluding hydrogens is 422 g/mol. The van der Waals surface area contributed by atoms with Gasteiger partial charge in [0, 0.05) is 25.2 Å². The standard InChI is InChI=1S/C21H25N3O4S2/c1-4-23-18-11-10-16(14-19(18)29-21(23)26)22-20(25)9-6-12-24(30(3,27)28)17-8-5-7-15(2)13-17/h5,7-8,10-11,13-14H,4,6,9,12H2,1-3H3,(H,22,25). The highest BCUT2D eigenvalue weighted by Crippen LogP contribution is 2.23. The monoisotopic (exact) mass is 447 g/mol. The van der Waals surface area contributed by atoms with Gasteiger partial charge >= 0.3 is 4.87 Å². The van der Waals surface area contributed by atoms with Crippen LogP contribution in [0.2, 0.25) is 0 Å². The number of fused-ring (bicyclic) bond motifs is 1. The molecule has 1 aromatic heterocycles. The summed E-state index contributed by atoms with van der Waals surface area (Å²) in [6, 6.07) is 12.7. The Morgan fingerprint density at radius 1 is 1.20 bits per heavy atom. The molecule has 9 heteroatoms. The molecule has 0 aliphatic heterocycles. The normalized spacial score (nSPS) is 11.6. The Morgan fingerprint density at radius 3 is 2.63 bits per heavy atom. The molecule has 0 unspecified atom stereocenters. The van der Waals surface area contributed by atoms with Gasteiger partial charge in [-0.3, -0.25) is 18.5 Å². The van der Waals surface area contributed by atoms with E-state index in [4.69, 9.17) is 0 Å². The van der Waals surface area contributed by atoms with Crippen molar-refractivity contribution in [1.29, 1.82) is 0 Å². The summed E-state index contributed by atoms with van der Waals surface area (Å²) < 4.78 is 28.2. The Labute approximate surface area is 180 Å². The summed E-state index contributed by atoms with van der Waals surface area (Å²) in [5.41, 5.74) is 3.04. The smallest absolute Gasteiger partial charge is 0.308 e. The summed E-state index contributed by atoms with van der Waals surface area (Å²) in [5, 5.41) is 2.83. The van der Waals surface area contributed by atoms with E-state index in [9.17, 15) is 18.0 Å². The van der Waals surface area contributed by atoms with Crippen LogP contribution in [0.4, 0.5) is 11.4 Å². The van der Waals surface area contributed by atoms with Gasteiger partial charge in [-0.05, 0) is 56.2 Å². The number of thiazole rings is 1. The van der Waals surface area contributed by atoms with Crippen molar-refractivity contribution in [3.63, 3.8) is 0 Å². The molecule has 0 bridgehead atoms. The highest BCUT2D eigenvalue weighted by atomic mass is 32.2. The number of sulfonamides is 1. The van der Waals surface area contributed by atoms with Crippen LogP contribution in [0.3, 0.4) is 0 Å². The van der Waals surface area contributed by atoms with Crippen LogP contribution in [0.5, 0.6) is 0 Å². The summed E-state index contributed by atoms with van der Waals surface area (Å²) >= 11 is 1.15. The van der Waals surface area contributed by atoms with Crippen molar-refractivity contribution in [2.24, 2.45) is 0 Å². The number of rotatable bonds is 8. The van der Waals surface area contributed by atoms with Gasteiger partial charge in [0.1, 0.15) is 0 Å². The number of nitrogens with zero attached hydrogens (tertiary/aromatic N) is 2. The predicted molar refractivity (Wildman–Crippen MR) is 123 cm³/mol. The molecule has 0 fully saturated rings. The van der Waals surface area contributed by atoms with Gasteiger partial charge in [-0.15, -0.1) is 0 Å². The van der Waals surface area contributed by atoms with Crippen LogP contribution >= 0.6 is 11.3 Å². The zero-order valence-corrected chi connectivity index (χ0v) is 18.8. The average Bonchev–Trinajstić information content (AvgIpc) is 2.98. The molecule has 3 rings (SSSR count). The zero-order chi connectivity index (χ0) is 21.9. The van der Waals surface area contributed by atoms with Crippen molar-refractivity contribution in [2.75, 3.05) is 22.4 Å². The topological polar surface area (TPSA) is 88.5 Å². The van der Waals surface area contributed by atoms with Crippen molar-refractivity contribution in [3.8, 4) is 0 Å². The number of aromatic nitrogens is 1. The van der Waals surface area contributed by atoms with Gasteiger partial charge in [0.2, 0.25) is 15.9 Å². The molecule has 30 heavy (non-hydrogen) atoms. The van der Waals surface area contributed by atoms with Crippen LogP contribution < -0.4 is 14.5 Å². The van der Waals surface area contributed by atoms with Crippen LogP contribution in [0.25, 0.3) is 10.2 Å². The van der Waals surface area contributed by atoms with Crippen LogP contribution in [-0.2, 0) is 21.4 Å². The van der Waals surface area contributed by atoms with E-state index < -0.39 is 10.0 Å². The highest BCUT2D eigenvalue weighted by molar-refractivity contribution is 7.92. The maximum atomic E-state index is 12.4. The van der Waals surface area contributed by atoms with E-state index >= 15 is 0 Å². The molecule has 1 amide bonds. The number of amides is 1. The number of carbonyl (C=O) groups excluding carboxylic acids is 1. The third-order valence-electron chi connectivity index (χ3n) is 4.72. The van der Waals surface area contributed by atoms with E-state index in [1.54, 1.807) is 22.8 Å². The first-order valence-corrected chi connectivity index (χ1v) is 12.3. The number of carbonyl (C=O) groups is 1. The molecule has 0 aliphatic carbocycles. The molecule has 0 radical (unpaired) electrons. The molecule has 160 valence electrons. The highest BCUT2D eigenvalue weighted by Gasteiger charge is 2.18. The van der Waals surface area contributed by atoms with E-state index in [0.717, 1.165) is 27.1 Å². The molecule has 0 atom stereocenters. The average molecular weight is 448 g/mol. The number of anilines is 2. The molecular formula is C21H25N3O4S2. The second-order valence-corrected chi connectivity index (χ2v) is 10.0. The number of hydrogen-bond acceptors (Lipinski definition) is 5. The minimum Gasteiger partial charge on any atom is -0.326 e. The summed E-state index contributed by atoms with van der Waals surface area (Å²) in [5.74, 6) is -0.200. The lowest BCUT2D eigenvalue weighted by atomic mass is 10.2. The first-order valence-electron chi connectivity index (χ1n) is 9.66. The Hall–Kier alpha value is -2.65. The van der Waals surface area contributed by atoms with Gasteiger partial charge in [-0.2, -0.15) is 0 Å². The van der Waals surface area contributed by atoms with Crippen LogP contribution in [0.15, 0.2) is 47.3 Å². The van der Waals surface area contributed by atoms with E-state index in [-0.39, 0.29) is 23.7 Å². The van der Waals surface area contributed by atoms with Gasteiger partial charge in [0.05, 0.1) is 22.2 Å². The third-order valence-corrected chi connectivity index (χ3v) is 6.86. The molecule has 3 aromatic rings. The zero-order valence-electron chi connectivity index (χ0n) is 17.2.